The van der Waals surface area contributed by atoms with Gasteiger partial charge in [-0.15, -0.1) is 0 Å². The fourth-order valence-electron chi connectivity index (χ4n) is 3.93. The summed E-state index contributed by atoms with van der Waals surface area (Å²) in [5.41, 5.74) is 0.862. The lowest BCUT2D eigenvalue weighted by Gasteiger charge is -2.33. The SMILES string of the molecule is CC[C@H](C)N(C(=O)CSc1nc2c(cnn2-c2ccccc2)c(=O)[nH]1)[C@H]1CCS(=O)(=O)C1. The van der Waals surface area contributed by atoms with Crippen molar-refractivity contribution in [1.82, 2.24) is 24.6 Å². The van der Waals surface area contributed by atoms with Crippen molar-refractivity contribution in [3.05, 3.63) is 46.9 Å². The van der Waals surface area contributed by atoms with Crippen molar-refractivity contribution in [3.63, 3.8) is 0 Å². The molecule has 0 aliphatic carbocycles. The molecule has 1 fully saturated rings. The van der Waals surface area contributed by atoms with Crippen molar-refractivity contribution >= 4 is 38.5 Å². The maximum atomic E-state index is 13.1. The van der Waals surface area contributed by atoms with Gasteiger partial charge in [0.2, 0.25) is 5.91 Å². The van der Waals surface area contributed by atoms with Crippen LogP contribution in [0.4, 0.5) is 0 Å². The maximum absolute atomic E-state index is 13.1. The first-order chi connectivity index (χ1) is 15.3. The number of benzene rings is 1. The zero-order chi connectivity index (χ0) is 22.9. The van der Waals surface area contributed by atoms with Crippen molar-refractivity contribution in [1.29, 1.82) is 0 Å². The van der Waals surface area contributed by atoms with E-state index in [1.165, 1.54) is 6.20 Å². The second-order valence-corrected chi connectivity index (χ2v) is 11.1. The number of hydrogen-bond donors (Lipinski definition) is 1. The summed E-state index contributed by atoms with van der Waals surface area (Å²) in [4.78, 5) is 34.5. The van der Waals surface area contributed by atoms with E-state index in [0.717, 1.165) is 23.9 Å². The number of amides is 1. The molecule has 1 aliphatic heterocycles. The zero-order valence-corrected chi connectivity index (χ0v) is 19.5. The Hall–Kier alpha value is -2.66. The summed E-state index contributed by atoms with van der Waals surface area (Å²) in [5.74, 6) is 0.00524. The molecule has 11 heteroatoms. The number of aromatic nitrogens is 4. The molecule has 0 unspecified atom stereocenters. The molecule has 9 nitrogen and oxygen atoms in total. The Morgan fingerprint density at radius 3 is 2.75 bits per heavy atom. The first-order valence-electron chi connectivity index (χ1n) is 10.5. The lowest BCUT2D eigenvalue weighted by molar-refractivity contribution is -0.132. The lowest BCUT2D eigenvalue weighted by Crippen LogP contribution is -2.47. The standard InChI is InChI=1S/C21H25N5O4S2/c1-3-14(2)25(16-9-10-32(29,30)13-16)18(27)12-31-21-23-19-17(20(28)24-21)11-22-26(19)15-7-5-4-6-8-15/h4-8,11,14,16H,3,9-10,12-13H2,1-2H3,(H,23,24,28)/t14-,16-/m0/s1. The topological polar surface area (TPSA) is 118 Å². The minimum absolute atomic E-state index is 0.00501. The van der Waals surface area contributed by atoms with E-state index in [1.54, 1.807) is 9.58 Å². The van der Waals surface area contributed by atoms with Crippen LogP contribution in [0.25, 0.3) is 16.7 Å². The largest absolute Gasteiger partial charge is 0.335 e. The fraction of sp³-hybridized carbons (Fsp3) is 0.429. The molecule has 1 aliphatic rings. The first kappa shape index (κ1) is 22.5. The van der Waals surface area contributed by atoms with Crippen LogP contribution in [0.2, 0.25) is 0 Å². The molecule has 0 spiro atoms. The van der Waals surface area contributed by atoms with E-state index in [2.05, 4.69) is 15.1 Å². The Kier molecular flexibility index (Phi) is 6.38. The zero-order valence-electron chi connectivity index (χ0n) is 17.9. The molecule has 2 atom stereocenters. The van der Waals surface area contributed by atoms with Gasteiger partial charge in [0, 0.05) is 12.1 Å². The number of sulfone groups is 1. The van der Waals surface area contributed by atoms with Gasteiger partial charge in [-0.1, -0.05) is 36.9 Å². The van der Waals surface area contributed by atoms with Gasteiger partial charge in [0.1, 0.15) is 5.39 Å². The van der Waals surface area contributed by atoms with Crippen molar-refractivity contribution < 1.29 is 13.2 Å². The van der Waals surface area contributed by atoms with Crippen LogP contribution in [-0.4, -0.2) is 68.3 Å². The number of nitrogens with zero attached hydrogens (tertiary/aromatic N) is 4. The van der Waals surface area contributed by atoms with Crippen LogP contribution in [0.5, 0.6) is 0 Å². The Bertz CT molecular complexity index is 1290. The molecule has 1 aromatic carbocycles. The normalized spacial score (nSPS) is 18.6. The van der Waals surface area contributed by atoms with E-state index in [-0.39, 0.29) is 40.8 Å². The second kappa shape index (κ2) is 9.07. The molecule has 3 aromatic rings. The number of para-hydroxylation sites is 1. The molecule has 0 radical (unpaired) electrons. The van der Waals surface area contributed by atoms with E-state index >= 15 is 0 Å². The van der Waals surface area contributed by atoms with Crippen LogP contribution < -0.4 is 5.56 Å². The summed E-state index contributed by atoms with van der Waals surface area (Å²) >= 11 is 1.13. The average Bonchev–Trinajstić information content (AvgIpc) is 3.36. The Balaban J connectivity index is 1.56. The molecule has 4 rings (SSSR count). The highest BCUT2D eigenvalue weighted by atomic mass is 32.2. The molecule has 2 aromatic heterocycles. The molecular formula is C21H25N5O4S2. The monoisotopic (exact) mass is 475 g/mol. The number of aromatic amines is 1. The molecule has 32 heavy (non-hydrogen) atoms. The minimum Gasteiger partial charge on any atom is -0.335 e. The molecule has 0 bridgehead atoms. The maximum Gasteiger partial charge on any atom is 0.262 e. The quantitative estimate of drug-likeness (QED) is 0.410. The second-order valence-electron chi connectivity index (χ2n) is 7.90. The van der Waals surface area contributed by atoms with Crippen molar-refractivity contribution in [2.75, 3.05) is 17.3 Å². The van der Waals surface area contributed by atoms with Crippen LogP contribution in [-0.2, 0) is 14.6 Å². The summed E-state index contributed by atoms with van der Waals surface area (Å²) in [6.07, 6.45) is 2.66. The highest BCUT2D eigenvalue weighted by Gasteiger charge is 2.36. The van der Waals surface area contributed by atoms with Crippen LogP contribution >= 0.6 is 11.8 Å². The molecule has 1 N–H and O–H groups in total. The van der Waals surface area contributed by atoms with E-state index in [9.17, 15) is 18.0 Å². The number of rotatable bonds is 7. The number of carbonyl (C=O) groups is 1. The van der Waals surface area contributed by atoms with E-state index < -0.39 is 9.84 Å². The number of fused-ring (bicyclic) bond motifs is 1. The Morgan fingerprint density at radius 1 is 1.34 bits per heavy atom. The lowest BCUT2D eigenvalue weighted by atomic mass is 10.1. The summed E-state index contributed by atoms with van der Waals surface area (Å²) in [5, 5.41) is 4.96. The predicted molar refractivity (Wildman–Crippen MR) is 124 cm³/mol. The molecule has 0 saturated carbocycles. The van der Waals surface area contributed by atoms with Crippen LogP contribution in [0, 0.1) is 0 Å². The molecule has 3 heterocycles. The van der Waals surface area contributed by atoms with Crippen molar-refractivity contribution in [2.45, 2.75) is 43.9 Å². The Morgan fingerprint density at radius 2 is 2.09 bits per heavy atom. The number of hydrogen-bond acceptors (Lipinski definition) is 7. The number of thioether (sulfide) groups is 1. The summed E-state index contributed by atoms with van der Waals surface area (Å²) in [6, 6.07) is 8.98. The Labute approximate surface area is 190 Å². The molecule has 170 valence electrons. The minimum atomic E-state index is -3.11. The van der Waals surface area contributed by atoms with Gasteiger partial charge < -0.3 is 9.88 Å². The van der Waals surface area contributed by atoms with Crippen LogP contribution in [0.1, 0.15) is 26.7 Å². The summed E-state index contributed by atoms with van der Waals surface area (Å²) in [7, 11) is -3.11. The summed E-state index contributed by atoms with van der Waals surface area (Å²) in [6.45, 7) is 3.90. The van der Waals surface area contributed by atoms with Gasteiger partial charge in [-0.2, -0.15) is 5.10 Å². The van der Waals surface area contributed by atoms with E-state index in [1.807, 2.05) is 44.2 Å². The molecule has 1 amide bonds. The van der Waals surface area contributed by atoms with Gasteiger partial charge in [-0.3, -0.25) is 9.59 Å². The third kappa shape index (κ3) is 4.58. The molecular weight excluding hydrogens is 450 g/mol. The molecule has 1 saturated heterocycles. The van der Waals surface area contributed by atoms with Gasteiger partial charge in [0.05, 0.1) is 29.1 Å². The number of carbonyl (C=O) groups excluding carboxylic acids is 1. The van der Waals surface area contributed by atoms with Gasteiger partial charge in [0.25, 0.3) is 5.56 Å². The van der Waals surface area contributed by atoms with Crippen molar-refractivity contribution in [2.24, 2.45) is 0 Å². The first-order valence-corrected chi connectivity index (χ1v) is 13.3. The third-order valence-corrected chi connectivity index (χ3v) is 8.31. The van der Waals surface area contributed by atoms with E-state index in [0.29, 0.717) is 22.6 Å². The van der Waals surface area contributed by atoms with Gasteiger partial charge in [0.15, 0.2) is 20.6 Å². The van der Waals surface area contributed by atoms with Gasteiger partial charge in [-0.05, 0) is 31.9 Å². The smallest absolute Gasteiger partial charge is 0.262 e. The van der Waals surface area contributed by atoms with E-state index in [4.69, 9.17) is 0 Å². The van der Waals surface area contributed by atoms with Gasteiger partial charge >= 0.3 is 0 Å². The third-order valence-electron chi connectivity index (χ3n) is 5.70. The van der Waals surface area contributed by atoms with Crippen LogP contribution in [0.15, 0.2) is 46.5 Å². The highest BCUT2D eigenvalue weighted by Crippen LogP contribution is 2.24. The van der Waals surface area contributed by atoms with Crippen LogP contribution in [0.3, 0.4) is 0 Å². The fourth-order valence-corrected chi connectivity index (χ4v) is 6.37. The highest BCUT2D eigenvalue weighted by molar-refractivity contribution is 7.99. The number of H-pyrrole nitrogens is 1. The number of nitrogens with one attached hydrogen (secondary N) is 1. The predicted octanol–water partition coefficient (Wildman–Crippen LogP) is 2.02. The summed E-state index contributed by atoms with van der Waals surface area (Å²) < 4.78 is 25.5. The van der Waals surface area contributed by atoms with Gasteiger partial charge in [-0.25, -0.2) is 18.1 Å². The van der Waals surface area contributed by atoms with Crippen molar-refractivity contribution in [3.8, 4) is 5.69 Å². The average molecular weight is 476 g/mol.